The molecular formula is C10H20O2. The van der Waals surface area contributed by atoms with Gasteiger partial charge in [0.1, 0.15) is 0 Å². The van der Waals surface area contributed by atoms with Gasteiger partial charge in [-0.3, -0.25) is 0 Å². The second-order valence-corrected chi connectivity index (χ2v) is 2.92. The first kappa shape index (κ1) is 11.7. The Balaban J connectivity index is 3.62. The smallest absolute Gasteiger partial charge is 0.179 e. The maximum atomic E-state index is 5.43. The number of hydrogen-bond donors (Lipinski definition) is 0. The molecule has 0 bridgehead atoms. The van der Waals surface area contributed by atoms with Gasteiger partial charge >= 0.3 is 0 Å². The van der Waals surface area contributed by atoms with Crippen molar-refractivity contribution in [2.75, 3.05) is 13.2 Å². The van der Waals surface area contributed by atoms with E-state index in [1.54, 1.807) is 0 Å². The highest BCUT2D eigenvalue weighted by molar-refractivity contribution is 4.92. The zero-order chi connectivity index (χ0) is 9.40. The van der Waals surface area contributed by atoms with Crippen LogP contribution in [0.25, 0.3) is 0 Å². The van der Waals surface area contributed by atoms with Gasteiger partial charge in [-0.1, -0.05) is 20.4 Å². The van der Waals surface area contributed by atoms with Crippen molar-refractivity contribution in [2.45, 2.75) is 39.9 Å². The monoisotopic (exact) mass is 172 g/mol. The van der Waals surface area contributed by atoms with E-state index in [-0.39, 0.29) is 6.29 Å². The van der Waals surface area contributed by atoms with Crippen molar-refractivity contribution >= 4 is 0 Å². The lowest BCUT2D eigenvalue weighted by atomic mass is 10.3. The summed E-state index contributed by atoms with van der Waals surface area (Å²) >= 11 is 0. The third-order valence-electron chi connectivity index (χ3n) is 1.35. The molecule has 0 heterocycles. The number of hydrogen-bond acceptors (Lipinski definition) is 2. The molecular weight excluding hydrogens is 152 g/mol. The molecule has 0 rings (SSSR count). The van der Waals surface area contributed by atoms with Crippen molar-refractivity contribution in [3.05, 3.63) is 12.2 Å². The summed E-state index contributed by atoms with van der Waals surface area (Å²) in [7, 11) is 0. The molecule has 0 spiro atoms. The minimum atomic E-state index is -0.204. The first-order chi connectivity index (χ1) is 5.72. The normalized spacial score (nSPS) is 10.7. The average Bonchev–Trinajstić information content (AvgIpc) is 2.04. The summed E-state index contributed by atoms with van der Waals surface area (Å²) < 4.78 is 10.9. The summed E-state index contributed by atoms with van der Waals surface area (Å²) in [6.07, 6.45) is 1.82. The van der Waals surface area contributed by atoms with Crippen LogP contribution in [-0.2, 0) is 9.47 Å². The minimum Gasteiger partial charge on any atom is -0.349 e. The van der Waals surface area contributed by atoms with Crippen LogP contribution in [0.4, 0.5) is 0 Å². The Morgan fingerprint density at radius 3 is 1.83 bits per heavy atom. The van der Waals surface area contributed by atoms with Crippen LogP contribution in [-0.4, -0.2) is 19.5 Å². The van der Waals surface area contributed by atoms with Gasteiger partial charge in [-0.25, -0.2) is 0 Å². The highest BCUT2D eigenvalue weighted by atomic mass is 16.7. The molecule has 0 atom stereocenters. The van der Waals surface area contributed by atoms with E-state index in [2.05, 4.69) is 20.4 Å². The van der Waals surface area contributed by atoms with E-state index in [1.165, 1.54) is 0 Å². The average molecular weight is 172 g/mol. The zero-order valence-corrected chi connectivity index (χ0v) is 8.43. The second kappa shape index (κ2) is 7.32. The third-order valence-corrected chi connectivity index (χ3v) is 1.35. The van der Waals surface area contributed by atoms with E-state index in [4.69, 9.17) is 9.47 Å². The Morgan fingerprint density at radius 1 is 1.17 bits per heavy atom. The Morgan fingerprint density at radius 2 is 1.58 bits per heavy atom. The molecule has 2 heteroatoms. The van der Waals surface area contributed by atoms with Crippen LogP contribution in [0.1, 0.15) is 33.6 Å². The van der Waals surface area contributed by atoms with Crippen molar-refractivity contribution in [2.24, 2.45) is 0 Å². The summed E-state index contributed by atoms with van der Waals surface area (Å²) in [6.45, 7) is 11.4. The van der Waals surface area contributed by atoms with E-state index in [1.807, 2.05) is 6.92 Å². The molecule has 0 fully saturated rings. The van der Waals surface area contributed by atoms with Crippen LogP contribution >= 0.6 is 0 Å². The molecule has 0 aliphatic heterocycles. The molecule has 0 aliphatic rings. The molecule has 0 radical (unpaired) electrons. The standard InChI is InChI=1S/C10H20O2/c1-5-7-11-10(9(3)4)12-8-6-2/h10H,3,5-8H2,1-2,4H3. The summed E-state index contributed by atoms with van der Waals surface area (Å²) in [6, 6.07) is 0. The van der Waals surface area contributed by atoms with Gasteiger partial charge in [0.2, 0.25) is 0 Å². The van der Waals surface area contributed by atoms with Gasteiger partial charge < -0.3 is 9.47 Å². The summed E-state index contributed by atoms with van der Waals surface area (Å²) in [5, 5.41) is 0. The van der Waals surface area contributed by atoms with Crippen molar-refractivity contribution in [1.29, 1.82) is 0 Å². The maximum Gasteiger partial charge on any atom is 0.179 e. The van der Waals surface area contributed by atoms with Gasteiger partial charge in [-0.15, -0.1) is 0 Å². The molecule has 0 saturated heterocycles. The molecule has 0 amide bonds. The van der Waals surface area contributed by atoms with Crippen LogP contribution in [0.15, 0.2) is 12.2 Å². The van der Waals surface area contributed by atoms with E-state index in [9.17, 15) is 0 Å². The predicted molar refractivity (Wildman–Crippen MR) is 51.1 cm³/mol. The van der Waals surface area contributed by atoms with Crippen molar-refractivity contribution < 1.29 is 9.47 Å². The lowest BCUT2D eigenvalue weighted by Gasteiger charge is -2.17. The maximum absolute atomic E-state index is 5.43. The number of ether oxygens (including phenoxy) is 2. The van der Waals surface area contributed by atoms with Gasteiger partial charge in [0.25, 0.3) is 0 Å². The molecule has 0 unspecified atom stereocenters. The fourth-order valence-corrected chi connectivity index (χ4v) is 0.782. The van der Waals surface area contributed by atoms with Crippen LogP contribution in [0.2, 0.25) is 0 Å². The lowest BCUT2D eigenvalue weighted by Crippen LogP contribution is -2.19. The van der Waals surface area contributed by atoms with Crippen molar-refractivity contribution in [3.63, 3.8) is 0 Å². The molecule has 0 aromatic carbocycles. The fraction of sp³-hybridized carbons (Fsp3) is 0.800. The quantitative estimate of drug-likeness (QED) is 0.434. The van der Waals surface area contributed by atoms with Crippen molar-refractivity contribution in [3.8, 4) is 0 Å². The van der Waals surface area contributed by atoms with Gasteiger partial charge in [-0.2, -0.15) is 0 Å². The second-order valence-electron chi connectivity index (χ2n) is 2.92. The van der Waals surface area contributed by atoms with Gasteiger partial charge in [0.05, 0.1) is 0 Å². The molecule has 12 heavy (non-hydrogen) atoms. The molecule has 72 valence electrons. The van der Waals surface area contributed by atoms with Gasteiger partial charge in [0, 0.05) is 13.2 Å². The van der Waals surface area contributed by atoms with Gasteiger partial charge in [0.15, 0.2) is 6.29 Å². The van der Waals surface area contributed by atoms with Crippen LogP contribution in [0.3, 0.4) is 0 Å². The largest absolute Gasteiger partial charge is 0.349 e. The molecule has 0 aromatic heterocycles. The molecule has 0 aliphatic carbocycles. The molecule has 0 aromatic rings. The van der Waals surface area contributed by atoms with E-state index < -0.39 is 0 Å². The summed E-state index contributed by atoms with van der Waals surface area (Å²) in [5.74, 6) is 0. The summed E-state index contributed by atoms with van der Waals surface area (Å²) in [4.78, 5) is 0. The fourth-order valence-electron chi connectivity index (χ4n) is 0.782. The van der Waals surface area contributed by atoms with E-state index in [0.717, 1.165) is 31.6 Å². The van der Waals surface area contributed by atoms with Crippen molar-refractivity contribution in [1.82, 2.24) is 0 Å². The Labute approximate surface area is 75.6 Å². The number of rotatable bonds is 7. The van der Waals surface area contributed by atoms with Gasteiger partial charge in [-0.05, 0) is 25.3 Å². The third kappa shape index (κ3) is 5.33. The van der Waals surface area contributed by atoms with Crippen LogP contribution < -0.4 is 0 Å². The molecule has 0 saturated carbocycles. The highest BCUT2D eigenvalue weighted by Crippen LogP contribution is 2.06. The minimum absolute atomic E-state index is 0.204. The lowest BCUT2D eigenvalue weighted by molar-refractivity contribution is -0.117. The van der Waals surface area contributed by atoms with Crippen LogP contribution in [0.5, 0.6) is 0 Å². The Hall–Kier alpha value is -0.340. The van der Waals surface area contributed by atoms with E-state index in [0.29, 0.717) is 0 Å². The zero-order valence-electron chi connectivity index (χ0n) is 8.43. The first-order valence-corrected chi connectivity index (χ1v) is 4.61. The predicted octanol–water partition coefficient (Wildman–Crippen LogP) is 2.74. The highest BCUT2D eigenvalue weighted by Gasteiger charge is 2.08. The van der Waals surface area contributed by atoms with E-state index >= 15 is 0 Å². The molecule has 2 nitrogen and oxygen atoms in total. The topological polar surface area (TPSA) is 18.5 Å². The Bertz CT molecular complexity index is 113. The first-order valence-electron chi connectivity index (χ1n) is 4.61. The molecule has 0 N–H and O–H groups in total. The van der Waals surface area contributed by atoms with Crippen LogP contribution in [0, 0.1) is 0 Å². The SMILES string of the molecule is C=C(C)C(OCCC)OCCC. The summed E-state index contributed by atoms with van der Waals surface area (Å²) in [5.41, 5.74) is 0.942. The Kier molecular flexibility index (Phi) is 7.11.